The van der Waals surface area contributed by atoms with Crippen molar-refractivity contribution in [3.8, 4) is 0 Å². The van der Waals surface area contributed by atoms with Crippen LogP contribution in [0.3, 0.4) is 0 Å². The van der Waals surface area contributed by atoms with Crippen molar-refractivity contribution in [3.63, 3.8) is 0 Å². The Hall–Kier alpha value is -2.13. The van der Waals surface area contributed by atoms with Crippen LogP contribution in [0, 0.1) is 5.82 Å². The second-order valence-corrected chi connectivity index (χ2v) is 10.9. The molecule has 2 saturated heterocycles. The van der Waals surface area contributed by atoms with Gasteiger partial charge in [-0.25, -0.2) is 9.18 Å². The van der Waals surface area contributed by atoms with Gasteiger partial charge in [-0.05, 0) is 84.5 Å². The number of halogens is 1. The minimum Gasteiger partial charge on any atom is -0.444 e. The summed E-state index contributed by atoms with van der Waals surface area (Å²) < 4.78 is 31.6. The maximum atomic E-state index is 14.1. The number of benzene rings is 1. The number of carbonyl (C=O) groups excluding carboxylic acids is 2. The molecule has 0 unspecified atom stereocenters. The van der Waals surface area contributed by atoms with Crippen molar-refractivity contribution >= 4 is 24.6 Å². The highest BCUT2D eigenvalue weighted by Gasteiger charge is 2.52. The van der Waals surface area contributed by atoms with E-state index in [4.69, 9.17) is 14.0 Å². The molecule has 0 bridgehead atoms. The van der Waals surface area contributed by atoms with E-state index in [2.05, 4.69) is 5.32 Å². The van der Waals surface area contributed by atoms with Crippen molar-refractivity contribution in [1.82, 2.24) is 10.2 Å². The number of hydrogen-bond donors (Lipinski definition) is 1. The van der Waals surface area contributed by atoms with Gasteiger partial charge in [0, 0.05) is 19.1 Å². The molecule has 0 aliphatic carbocycles. The van der Waals surface area contributed by atoms with E-state index in [0.717, 1.165) is 12.8 Å². The Balaban J connectivity index is 1.69. The Morgan fingerprint density at radius 2 is 1.85 bits per heavy atom. The SMILES string of the molecule is CC(C)(C)OC(=O)N[C@H]1CCCN(C(=O)Cc2ccc(F)cc2B2OC(C)(C)C(C)(C)O2)C1. The number of nitrogens with zero attached hydrogens (tertiary/aromatic N) is 1. The van der Waals surface area contributed by atoms with Gasteiger partial charge < -0.3 is 24.3 Å². The van der Waals surface area contributed by atoms with E-state index >= 15 is 0 Å². The Morgan fingerprint density at radius 1 is 1.21 bits per heavy atom. The molecule has 2 amide bonds. The molecule has 2 aliphatic heterocycles. The van der Waals surface area contributed by atoms with Crippen LogP contribution in [0.1, 0.15) is 66.9 Å². The van der Waals surface area contributed by atoms with Crippen LogP contribution in [0.4, 0.5) is 9.18 Å². The van der Waals surface area contributed by atoms with Gasteiger partial charge in [0.1, 0.15) is 11.4 Å². The van der Waals surface area contributed by atoms with Crippen LogP contribution in [0.2, 0.25) is 0 Å². The zero-order valence-corrected chi connectivity index (χ0v) is 20.8. The standard InChI is InChI=1S/C24H36BFN2O5/c1-22(2,3)31-21(30)27-18-9-8-12-28(15-18)20(29)13-16-10-11-17(26)14-19(16)25-32-23(4,5)24(6,7)33-25/h10-11,14,18H,8-9,12-13,15H2,1-7H3,(H,27,30)/t18-/m0/s1. The zero-order valence-electron chi connectivity index (χ0n) is 20.8. The maximum Gasteiger partial charge on any atom is 0.495 e. The number of carbonyl (C=O) groups is 2. The van der Waals surface area contributed by atoms with E-state index in [1.165, 1.54) is 12.1 Å². The summed E-state index contributed by atoms with van der Waals surface area (Å²) in [5, 5.41) is 2.86. The van der Waals surface area contributed by atoms with Gasteiger partial charge in [-0.1, -0.05) is 6.07 Å². The zero-order chi connectivity index (χ0) is 24.6. The molecule has 0 saturated carbocycles. The molecule has 3 rings (SSSR count). The minimum atomic E-state index is -0.753. The number of nitrogens with one attached hydrogen (secondary N) is 1. The Bertz CT molecular complexity index is 883. The molecule has 9 heteroatoms. The third-order valence-corrected chi connectivity index (χ3v) is 6.45. The van der Waals surface area contributed by atoms with Crippen LogP contribution >= 0.6 is 0 Å². The first-order valence-corrected chi connectivity index (χ1v) is 11.6. The Kier molecular flexibility index (Phi) is 7.15. The first-order valence-electron chi connectivity index (χ1n) is 11.6. The summed E-state index contributed by atoms with van der Waals surface area (Å²) in [6, 6.07) is 4.18. The van der Waals surface area contributed by atoms with Gasteiger partial charge in [0.2, 0.25) is 5.91 Å². The average molecular weight is 462 g/mol. The molecule has 2 aliphatic rings. The summed E-state index contributed by atoms with van der Waals surface area (Å²) in [7, 11) is -0.753. The van der Waals surface area contributed by atoms with Gasteiger partial charge in [-0.2, -0.15) is 0 Å². The normalized spacial score (nSPS) is 22.2. The van der Waals surface area contributed by atoms with Crippen LogP contribution in [-0.2, 0) is 25.3 Å². The smallest absolute Gasteiger partial charge is 0.444 e. The molecule has 7 nitrogen and oxygen atoms in total. The fourth-order valence-electron chi connectivity index (χ4n) is 3.99. The van der Waals surface area contributed by atoms with E-state index in [1.54, 1.807) is 11.0 Å². The number of hydrogen-bond acceptors (Lipinski definition) is 5. The van der Waals surface area contributed by atoms with E-state index < -0.39 is 35.8 Å². The fourth-order valence-corrected chi connectivity index (χ4v) is 3.99. The monoisotopic (exact) mass is 462 g/mol. The summed E-state index contributed by atoms with van der Waals surface area (Å²) in [6.45, 7) is 14.2. The summed E-state index contributed by atoms with van der Waals surface area (Å²) in [5.41, 5.74) is -0.525. The number of amides is 2. The second kappa shape index (κ2) is 9.26. The first kappa shape index (κ1) is 25.5. The molecule has 2 fully saturated rings. The molecular formula is C24H36BFN2O5. The van der Waals surface area contributed by atoms with E-state index in [1.807, 2.05) is 48.5 Å². The third-order valence-electron chi connectivity index (χ3n) is 6.45. The molecule has 1 aromatic carbocycles. The van der Waals surface area contributed by atoms with Crippen LogP contribution < -0.4 is 10.8 Å². The van der Waals surface area contributed by atoms with Crippen LogP contribution in [0.5, 0.6) is 0 Å². The van der Waals surface area contributed by atoms with Crippen LogP contribution in [-0.4, -0.2) is 60.0 Å². The predicted molar refractivity (Wildman–Crippen MR) is 125 cm³/mol. The fraction of sp³-hybridized carbons (Fsp3) is 0.667. The lowest BCUT2D eigenvalue weighted by atomic mass is 9.75. The lowest BCUT2D eigenvalue weighted by Crippen LogP contribution is -2.51. The van der Waals surface area contributed by atoms with E-state index in [0.29, 0.717) is 24.1 Å². The summed E-state index contributed by atoms with van der Waals surface area (Å²) in [6.07, 6.45) is 1.17. The minimum absolute atomic E-state index is 0.0879. The summed E-state index contributed by atoms with van der Waals surface area (Å²) >= 11 is 0. The number of rotatable bonds is 4. The Labute approximate surface area is 196 Å². The molecule has 33 heavy (non-hydrogen) atoms. The summed E-state index contributed by atoms with van der Waals surface area (Å²) in [5.74, 6) is -0.495. The van der Waals surface area contributed by atoms with Crippen molar-refractivity contribution in [1.29, 1.82) is 0 Å². The third kappa shape index (κ3) is 6.26. The maximum absolute atomic E-state index is 14.1. The quantitative estimate of drug-likeness (QED) is 0.696. The highest BCUT2D eigenvalue weighted by Crippen LogP contribution is 2.36. The molecule has 182 valence electrons. The van der Waals surface area contributed by atoms with Crippen molar-refractivity contribution in [2.75, 3.05) is 13.1 Å². The number of piperidine rings is 1. The first-order chi connectivity index (χ1) is 15.2. The number of likely N-dealkylation sites (tertiary alicyclic amines) is 1. The average Bonchev–Trinajstić information content (AvgIpc) is 2.89. The van der Waals surface area contributed by atoms with Crippen LogP contribution in [0.15, 0.2) is 18.2 Å². The largest absolute Gasteiger partial charge is 0.495 e. The molecule has 2 heterocycles. The van der Waals surface area contributed by atoms with Gasteiger partial charge in [-0.15, -0.1) is 0 Å². The van der Waals surface area contributed by atoms with E-state index in [-0.39, 0.29) is 18.4 Å². The van der Waals surface area contributed by atoms with Gasteiger partial charge in [0.25, 0.3) is 0 Å². The molecule has 1 N–H and O–H groups in total. The number of alkyl carbamates (subject to hydrolysis) is 1. The van der Waals surface area contributed by atoms with Gasteiger partial charge >= 0.3 is 13.2 Å². The molecular weight excluding hydrogens is 426 g/mol. The van der Waals surface area contributed by atoms with Crippen LogP contribution in [0.25, 0.3) is 0 Å². The highest BCUT2D eigenvalue weighted by atomic mass is 19.1. The predicted octanol–water partition coefficient (Wildman–Crippen LogP) is 3.18. The lowest BCUT2D eigenvalue weighted by molar-refractivity contribution is -0.131. The lowest BCUT2D eigenvalue weighted by Gasteiger charge is -2.34. The van der Waals surface area contributed by atoms with E-state index in [9.17, 15) is 14.0 Å². The summed E-state index contributed by atoms with van der Waals surface area (Å²) in [4.78, 5) is 27.0. The highest BCUT2D eigenvalue weighted by molar-refractivity contribution is 6.62. The van der Waals surface area contributed by atoms with Crippen molar-refractivity contribution < 1.29 is 28.0 Å². The molecule has 0 spiro atoms. The molecule has 1 aromatic rings. The van der Waals surface area contributed by atoms with Crippen molar-refractivity contribution in [2.24, 2.45) is 0 Å². The van der Waals surface area contributed by atoms with Gasteiger partial charge in [0.05, 0.1) is 17.6 Å². The molecule has 0 radical (unpaired) electrons. The topological polar surface area (TPSA) is 77.1 Å². The van der Waals surface area contributed by atoms with Gasteiger partial charge in [-0.3, -0.25) is 4.79 Å². The Morgan fingerprint density at radius 3 is 2.45 bits per heavy atom. The second-order valence-electron chi connectivity index (χ2n) is 10.9. The van der Waals surface area contributed by atoms with Crippen molar-refractivity contribution in [3.05, 3.63) is 29.6 Å². The molecule has 1 atom stereocenters. The van der Waals surface area contributed by atoms with Crippen molar-refractivity contribution in [2.45, 2.75) is 90.6 Å². The molecule has 0 aromatic heterocycles. The van der Waals surface area contributed by atoms with Gasteiger partial charge in [0.15, 0.2) is 0 Å². The number of ether oxygens (including phenoxy) is 1.